The molecule has 0 bridgehead atoms. The highest BCUT2D eigenvalue weighted by atomic mass is 19.1. The van der Waals surface area contributed by atoms with Crippen molar-refractivity contribution in [3.05, 3.63) is 42.5 Å². The van der Waals surface area contributed by atoms with Crippen molar-refractivity contribution in [2.24, 2.45) is 7.05 Å². The largest absolute Gasteiger partial charge is 0.345 e. The first-order chi connectivity index (χ1) is 9.72. The number of aryl methyl sites for hydroxylation is 1. The molecule has 98 valence electrons. The van der Waals surface area contributed by atoms with E-state index < -0.39 is 0 Å². The van der Waals surface area contributed by atoms with Gasteiger partial charge in [0.25, 0.3) is 0 Å². The fourth-order valence-corrected chi connectivity index (χ4v) is 2.36. The van der Waals surface area contributed by atoms with E-state index in [1.807, 2.05) is 6.07 Å². The Kier molecular flexibility index (Phi) is 2.14. The van der Waals surface area contributed by atoms with Gasteiger partial charge in [0.1, 0.15) is 22.7 Å². The number of nitrogens with one attached hydrogen (secondary N) is 1. The summed E-state index contributed by atoms with van der Waals surface area (Å²) < 4.78 is 15.0. The summed E-state index contributed by atoms with van der Waals surface area (Å²) in [5, 5.41) is 5.29. The van der Waals surface area contributed by atoms with E-state index in [-0.39, 0.29) is 5.82 Å². The first kappa shape index (κ1) is 11.1. The first-order valence-corrected chi connectivity index (χ1v) is 6.15. The molecule has 1 aromatic carbocycles. The van der Waals surface area contributed by atoms with E-state index >= 15 is 0 Å². The highest BCUT2D eigenvalue weighted by Gasteiger charge is 2.13. The average molecular weight is 267 g/mol. The summed E-state index contributed by atoms with van der Waals surface area (Å²) >= 11 is 0. The van der Waals surface area contributed by atoms with Crippen molar-refractivity contribution in [2.45, 2.75) is 0 Å². The number of hydrogen-bond acceptors (Lipinski definition) is 3. The molecule has 20 heavy (non-hydrogen) atoms. The Balaban J connectivity index is 2.01. The summed E-state index contributed by atoms with van der Waals surface area (Å²) in [7, 11) is 1.79. The number of aromatic nitrogens is 5. The smallest absolute Gasteiger partial charge is 0.156 e. The number of hydrogen-bond donors (Lipinski definition) is 1. The second kappa shape index (κ2) is 3.86. The lowest BCUT2D eigenvalue weighted by molar-refractivity contribution is 0.628. The van der Waals surface area contributed by atoms with Crippen molar-refractivity contribution < 1.29 is 4.39 Å². The molecule has 0 amide bonds. The molecule has 6 heteroatoms. The van der Waals surface area contributed by atoms with Gasteiger partial charge in [0.05, 0.1) is 11.7 Å². The molecule has 0 spiro atoms. The maximum absolute atomic E-state index is 13.3. The number of benzene rings is 1. The van der Waals surface area contributed by atoms with Crippen LogP contribution in [0.3, 0.4) is 0 Å². The molecular formula is C14H10FN5. The Hall–Kier alpha value is -2.76. The second-order valence-electron chi connectivity index (χ2n) is 4.60. The average Bonchev–Trinajstić information content (AvgIpc) is 3.03. The van der Waals surface area contributed by atoms with Gasteiger partial charge in [-0.3, -0.25) is 4.68 Å². The third kappa shape index (κ3) is 1.51. The Morgan fingerprint density at radius 2 is 2.15 bits per heavy atom. The van der Waals surface area contributed by atoms with Crippen molar-refractivity contribution in [3.63, 3.8) is 0 Å². The molecule has 0 aliphatic carbocycles. The van der Waals surface area contributed by atoms with E-state index in [1.165, 1.54) is 12.1 Å². The number of rotatable bonds is 1. The molecule has 0 saturated carbocycles. The van der Waals surface area contributed by atoms with Crippen LogP contribution in [-0.2, 0) is 7.05 Å². The van der Waals surface area contributed by atoms with Gasteiger partial charge in [-0.15, -0.1) is 0 Å². The Morgan fingerprint density at radius 1 is 1.25 bits per heavy atom. The maximum Gasteiger partial charge on any atom is 0.156 e. The molecular weight excluding hydrogens is 257 g/mol. The molecule has 0 unspecified atom stereocenters. The van der Waals surface area contributed by atoms with Crippen LogP contribution in [0.1, 0.15) is 0 Å². The summed E-state index contributed by atoms with van der Waals surface area (Å²) in [4.78, 5) is 11.8. The summed E-state index contributed by atoms with van der Waals surface area (Å²) in [5.74, 6) is -0.278. The van der Waals surface area contributed by atoms with Crippen LogP contribution in [0.15, 0.2) is 36.7 Å². The molecule has 3 aromatic heterocycles. The van der Waals surface area contributed by atoms with E-state index in [0.29, 0.717) is 11.4 Å². The van der Waals surface area contributed by atoms with E-state index in [0.717, 1.165) is 22.1 Å². The number of nitrogens with zero attached hydrogens (tertiary/aromatic N) is 4. The number of halogens is 1. The van der Waals surface area contributed by atoms with Gasteiger partial charge in [-0.25, -0.2) is 14.4 Å². The van der Waals surface area contributed by atoms with Gasteiger partial charge in [0.15, 0.2) is 5.65 Å². The van der Waals surface area contributed by atoms with Crippen molar-refractivity contribution in [1.82, 2.24) is 24.7 Å². The van der Waals surface area contributed by atoms with Crippen molar-refractivity contribution in [2.75, 3.05) is 0 Å². The SMILES string of the molecule is Cn1nc(-c2cnc3[nH]ccc3n2)c2ccc(F)cc21. The second-order valence-corrected chi connectivity index (χ2v) is 4.60. The monoisotopic (exact) mass is 267 g/mol. The topological polar surface area (TPSA) is 59.4 Å². The maximum atomic E-state index is 13.3. The third-order valence-electron chi connectivity index (χ3n) is 3.32. The Labute approximate surface area is 113 Å². The molecule has 0 radical (unpaired) electrons. The summed E-state index contributed by atoms with van der Waals surface area (Å²) in [6, 6.07) is 6.47. The zero-order valence-electron chi connectivity index (χ0n) is 10.6. The van der Waals surface area contributed by atoms with Crippen molar-refractivity contribution in [1.29, 1.82) is 0 Å². The fraction of sp³-hybridized carbons (Fsp3) is 0.0714. The van der Waals surface area contributed by atoms with Crippen LogP contribution >= 0.6 is 0 Å². The zero-order valence-corrected chi connectivity index (χ0v) is 10.6. The predicted octanol–water partition coefficient (Wildman–Crippen LogP) is 2.65. The Bertz CT molecular complexity index is 937. The molecule has 0 atom stereocenters. The molecule has 0 fully saturated rings. The van der Waals surface area contributed by atoms with E-state index in [4.69, 9.17) is 0 Å². The fourth-order valence-electron chi connectivity index (χ4n) is 2.36. The molecule has 3 heterocycles. The minimum absolute atomic E-state index is 0.278. The van der Waals surface area contributed by atoms with Crippen molar-refractivity contribution >= 4 is 22.1 Å². The normalized spacial score (nSPS) is 11.5. The van der Waals surface area contributed by atoms with Gasteiger partial charge in [-0.05, 0) is 24.3 Å². The molecule has 4 rings (SSSR count). The summed E-state index contributed by atoms with van der Waals surface area (Å²) in [6.45, 7) is 0. The van der Waals surface area contributed by atoms with Crippen LogP contribution < -0.4 is 0 Å². The first-order valence-electron chi connectivity index (χ1n) is 6.15. The van der Waals surface area contributed by atoms with Crippen molar-refractivity contribution in [3.8, 4) is 11.4 Å². The predicted molar refractivity (Wildman–Crippen MR) is 73.6 cm³/mol. The molecule has 0 saturated heterocycles. The lowest BCUT2D eigenvalue weighted by atomic mass is 10.1. The highest BCUT2D eigenvalue weighted by Crippen LogP contribution is 2.27. The van der Waals surface area contributed by atoms with Gasteiger partial charge in [0.2, 0.25) is 0 Å². The van der Waals surface area contributed by atoms with E-state index in [9.17, 15) is 4.39 Å². The van der Waals surface area contributed by atoms with Crippen LogP contribution in [0.25, 0.3) is 33.5 Å². The van der Waals surface area contributed by atoms with Crippen LogP contribution in [0.5, 0.6) is 0 Å². The van der Waals surface area contributed by atoms with Crippen LogP contribution in [-0.4, -0.2) is 24.7 Å². The number of aromatic amines is 1. The minimum atomic E-state index is -0.278. The number of H-pyrrole nitrogens is 1. The van der Waals surface area contributed by atoms with Crippen LogP contribution in [0.4, 0.5) is 4.39 Å². The molecule has 1 N–H and O–H groups in total. The molecule has 0 aliphatic heterocycles. The highest BCUT2D eigenvalue weighted by molar-refractivity contribution is 5.93. The Morgan fingerprint density at radius 3 is 3.05 bits per heavy atom. The van der Waals surface area contributed by atoms with Gasteiger partial charge in [-0.2, -0.15) is 5.10 Å². The standard InChI is InChI=1S/C14H10FN5/c1-20-12-6-8(15)2-3-9(12)13(19-20)11-7-17-14-10(18-11)4-5-16-14/h2-7H,1H3,(H,16,17). The number of fused-ring (bicyclic) bond motifs is 2. The van der Waals surface area contributed by atoms with Gasteiger partial charge < -0.3 is 4.98 Å². The quantitative estimate of drug-likeness (QED) is 0.576. The minimum Gasteiger partial charge on any atom is -0.345 e. The lowest BCUT2D eigenvalue weighted by Gasteiger charge is -1.97. The zero-order chi connectivity index (χ0) is 13.7. The molecule has 4 aromatic rings. The molecule has 5 nitrogen and oxygen atoms in total. The van der Waals surface area contributed by atoms with E-state index in [1.54, 1.807) is 30.2 Å². The lowest BCUT2D eigenvalue weighted by Crippen LogP contribution is -1.91. The molecule has 0 aliphatic rings. The third-order valence-corrected chi connectivity index (χ3v) is 3.32. The van der Waals surface area contributed by atoms with Crippen LogP contribution in [0.2, 0.25) is 0 Å². The van der Waals surface area contributed by atoms with Gasteiger partial charge in [-0.1, -0.05) is 0 Å². The van der Waals surface area contributed by atoms with Gasteiger partial charge in [0, 0.05) is 18.6 Å². The van der Waals surface area contributed by atoms with Crippen LogP contribution in [0, 0.1) is 5.82 Å². The van der Waals surface area contributed by atoms with Gasteiger partial charge >= 0.3 is 0 Å². The summed E-state index contributed by atoms with van der Waals surface area (Å²) in [6.07, 6.45) is 3.46. The van der Waals surface area contributed by atoms with E-state index in [2.05, 4.69) is 20.1 Å². The summed E-state index contributed by atoms with van der Waals surface area (Å²) in [5.41, 5.74) is 3.63.